The number of carbonyl (C=O) groups excluding carboxylic acids is 1. The average Bonchev–Trinajstić information content (AvgIpc) is 3.31. The molecule has 3 aromatic rings. The lowest BCUT2D eigenvalue weighted by Gasteiger charge is -2.24. The second-order valence-electron chi connectivity index (χ2n) is 7.32. The van der Waals surface area contributed by atoms with Crippen LogP contribution in [0.15, 0.2) is 36.7 Å². The summed E-state index contributed by atoms with van der Waals surface area (Å²) >= 11 is 1.65. The summed E-state index contributed by atoms with van der Waals surface area (Å²) in [4.78, 5) is 25.2. The van der Waals surface area contributed by atoms with Gasteiger partial charge in [-0.1, -0.05) is 36.8 Å². The molecule has 1 aliphatic heterocycles. The van der Waals surface area contributed by atoms with Crippen LogP contribution in [0.5, 0.6) is 0 Å². The molecular formula is C21H24N4O2S. The number of thiophene rings is 1. The van der Waals surface area contributed by atoms with Gasteiger partial charge in [-0.2, -0.15) is 0 Å². The highest BCUT2D eigenvalue weighted by atomic mass is 32.1. The molecule has 2 N–H and O–H groups in total. The number of likely N-dealkylation sites (tertiary alicyclic amines) is 1. The largest absolute Gasteiger partial charge is 0.383 e. The SMILES string of the molecule is CCc1cc2c(NCC(=O)N3CC[C@@](O)(c4ccc(C)cc4)C3)ncnc2s1. The number of benzene rings is 1. The van der Waals surface area contributed by atoms with Crippen LogP contribution in [0.4, 0.5) is 5.82 Å². The molecule has 146 valence electrons. The molecule has 28 heavy (non-hydrogen) atoms. The van der Waals surface area contributed by atoms with Crippen LogP contribution in [0, 0.1) is 6.92 Å². The Bertz CT molecular complexity index is 1000. The van der Waals surface area contributed by atoms with Gasteiger partial charge in [0.1, 0.15) is 22.6 Å². The molecule has 1 amide bonds. The van der Waals surface area contributed by atoms with E-state index in [1.807, 2.05) is 31.2 Å². The molecule has 2 aromatic heterocycles. The van der Waals surface area contributed by atoms with Gasteiger partial charge in [-0.25, -0.2) is 9.97 Å². The first kappa shape index (κ1) is 18.8. The summed E-state index contributed by atoms with van der Waals surface area (Å²) < 4.78 is 0. The van der Waals surface area contributed by atoms with Gasteiger partial charge in [-0.3, -0.25) is 4.79 Å². The molecule has 7 heteroatoms. The van der Waals surface area contributed by atoms with Crippen molar-refractivity contribution in [2.45, 2.75) is 32.3 Å². The van der Waals surface area contributed by atoms with Crippen molar-refractivity contribution >= 4 is 33.3 Å². The van der Waals surface area contributed by atoms with Crippen molar-refractivity contribution in [2.24, 2.45) is 0 Å². The lowest BCUT2D eigenvalue weighted by Crippen LogP contribution is -2.37. The van der Waals surface area contributed by atoms with Crippen molar-refractivity contribution in [2.75, 3.05) is 25.0 Å². The Balaban J connectivity index is 1.42. The van der Waals surface area contributed by atoms with Crippen LogP contribution in [0.3, 0.4) is 0 Å². The first-order valence-corrected chi connectivity index (χ1v) is 10.3. The fraction of sp³-hybridized carbons (Fsp3) is 0.381. The minimum absolute atomic E-state index is 0.0410. The van der Waals surface area contributed by atoms with Gasteiger partial charge in [0, 0.05) is 11.4 Å². The van der Waals surface area contributed by atoms with Crippen LogP contribution in [0.2, 0.25) is 0 Å². The minimum Gasteiger partial charge on any atom is -0.383 e. The summed E-state index contributed by atoms with van der Waals surface area (Å²) in [5.41, 5.74) is 1.04. The molecule has 1 atom stereocenters. The van der Waals surface area contributed by atoms with Gasteiger partial charge in [0.25, 0.3) is 0 Å². The van der Waals surface area contributed by atoms with Crippen molar-refractivity contribution in [3.63, 3.8) is 0 Å². The monoisotopic (exact) mass is 396 g/mol. The maximum Gasteiger partial charge on any atom is 0.242 e. The smallest absolute Gasteiger partial charge is 0.242 e. The van der Waals surface area contributed by atoms with Crippen molar-refractivity contribution in [3.05, 3.63) is 52.7 Å². The zero-order valence-corrected chi connectivity index (χ0v) is 16.9. The van der Waals surface area contributed by atoms with E-state index in [0.717, 1.165) is 27.8 Å². The molecule has 3 heterocycles. The molecule has 4 rings (SSSR count). The molecule has 0 bridgehead atoms. The number of β-amino-alcohol motifs (C(OH)–C–C–N with tert-alkyl or cyclic N) is 1. The lowest BCUT2D eigenvalue weighted by atomic mass is 9.92. The number of carbonyl (C=O) groups is 1. The van der Waals surface area contributed by atoms with Crippen LogP contribution in [-0.4, -0.2) is 45.5 Å². The van der Waals surface area contributed by atoms with Gasteiger partial charge < -0.3 is 15.3 Å². The Kier molecular flexibility index (Phi) is 5.03. The highest BCUT2D eigenvalue weighted by Crippen LogP contribution is 2.32. The number of nitrogens with zero attached hydrogens (tertiary/aromatic N) is 3. The van der Waals surface area contributed by atoms with E-state index in [4.69, 9.17) is 0 Å². The second kappa shape index (κ2) is 7.48. The summed E-state index contributed by atoms with van der Waals surface area (Å²) in [5, 5.41) is 15.1. The number of aromatic nitrogens is 2. The number of fused-ring (bicyclic) bond motifs is 1. The Labute approximate surface area is 168 Å². The van der Waals surface area contributed by atoms with Crippen LogP contribution >= 0.6 is 11.3 Å². The molecular weight excluding hydrogens is 372 g/mol. The molecule has 1 fully saturated rings. The number of aryl methyl sites for hydroxylation is 2. The predicted molar refractivity (Wildman–Crippen MR) is 112 cm³/mol. The summed E-state index contributed by atoms with van der Waals surface area (Å²) in [6.07, 6.45) is 3.02. The number of aliphatic hydroxyl groups is 1. The van der Waals surface area contributed by atoms with Crippen molar-refractivity contribution in [1.82, 2.24) is 14.9 Å². The number of nitrogens with one attached hydrogen (secondary N) is 1. The van der Waals surface area contributed by atoms with Gasteiger partial charge in [0.2, 0.25) is 5.91 Å². The Morgan fingerprint density at radius 1 is 1.32 bits per heavy atom. The first-order chi connectivity index (χ1) is 13.5. The average molecular weight is 397 g/mol. The van der Waals surface area contributed by atoms with Crippen LogP contribution in [0.1, 0.15) is 29.3 Å². The summed E-state index contributed by atoms with van der Waals surface area (Å²) in [6, 6.07) is 9.96. The highest BCUT2D eigenvalue weighted by molar-refractivity contribution is 7.18. The number of hydrogen-bond donors (Lipinski definition) is 2. The Morgan fingerprint density at radius 2 is 2.11 bits per heavy atom. The van der Waals surface area contributed by atoms with Crippen LogP contribution in [0.25, 0.3) is 10.2 Å². The normalized spacial score (nSPS) is 19.3. The predicted octanol–water partition coefficient (Wildman–Crippen LogP) is 3.09. The minimum atomic E-state index is -0.977. The van der Waals surface area contributed by atoms with Gasteiger partial charge >= 0.3 is 0 Å². The number of hydrogen-bond acceptors (Lipinski definition) is 6. The topological polar surface area (TPSA) is 78.4 Å². The highest BCUT2D eigenvalue weighted by Gasteiger charge is 2.39. The van der Waals surface area contributed by atoms with Crippen molar-refractivity contribution < 1.29 is 9.90 Å². The van der Waals surface area contributed by atoms with E-state index in [1.54, 1.807) is 16.2 Å². The molecule has 0 spiro atoms. The van der Waals surface area contributed by atoms with E-state index in [1.165, 1.54) is 11.2 Å². The molecule has 0 saturated carbocycles. The molecule has 0 radical (unpaired) electrons. The van der Waals surface area contributed by atoms with E-state index in [9.17, 15) is 9.90 Å². The molecule has 0 aliphatic carbocycles. The molecule has 1 aromatic carbocycles. The third-order valence-corrected chi connectivity index (χ3v) is 6.51. The van der Waals surface area contributed by atoms with E-state index < -0.39 is 5.60 Å². The van der Waals surface area contributed by atoms with E-state index >= 15 is 0 Å². The molecule has 1 saturated heterocycles. The molecule has 0 unspecified atom stereocenters. The molecule has 6 nitrogen and oxygen atoms in total. The Hall–Kier alpha value is -2.51. The van der Waals surface area contributed by atoms with Crippen LogP contribution < -0.4 is 5.32 Å². The second-order valence-corrected chi connectivity index (χ2v) is 8.44. The van der Waals surface area contributed by atoms with E-state index in [2.05, 4.69) is 28.3 Å². The van der Waals surface area contributed by atoms with Gasteiger partial charge in [0.05, 0.1) is 18.5 Å². The van der Waals surface area contributed by atoms with Gasteiger partial charge in [0.15, 0.2) is 0 Å². The Morgan fingerprint density at radius 3 is 2.86 bits per heavy atom. The van der Waals surface area contributed by atoms with Gasteiger partial charge in [-0.05, 0) is 31.4 Å². The van der Waals surface area contributed by atoms with Crippen molar-refractivity contribution in [3.8, 4) is 0 Å². The maximum absolute atomic E-state index is 12.7. The summed E-state index contributed by atoms with van der Waals surface area (Å²) in [7, 11) is 0. The fourth-order valence-corrected chi connectivity index (χ4v) is 4.53. The first-order valence-electron chi connectivity index (χ1n) is 9.53. The third-order valence-electron chi connectivity index (χ3n) is 5.33. The van der Waals surface area contributed by atoms with Gasteiger partial charge in [-0.15, -0.1) is 11.3 Å². The summed E-state index contributed by atoms with van der Waals surface area (Å²) in [5.74, 6) is 0.642. The zero-order chi connectivity index (χ0) is 19.7. The quantitative estimate of drug-likeness (QED) is 0.693. The molecule has 1 aliphatic rings. The summed E-state index contributed by atoms with van der Waals surface area (Å²) in [6.45, 7) is 5.13. The number of amides is 1. The zero-order valence-electron chi connectivity index (χ0n) is 16.1. The lowest BCUT2D eigenvalue weighted by molar-refractivity contribution is -0.129. The third kappa shape index (κ3) is 3.59. The van der Waals surface area contributed by atoms with Crippen molar-refractivity contribution in [1.29, 1.82) is 0 Å². The fourth-order valence-electron chi connectivity index (χ4n) is 3.60. The standard InChI is InChI=1S/C21H24N4O2S/c1-3-16-10-17-19(23-13-24-20(17)28-16)22-11-18(26)25-9-8-21(27,12-25)15-6-4-14(2)5-7-15/h4-7,10,13,27H,3,8-9,11-12H2,1-2H3,(H,22,23,24)/t21-/m0/s1. The van der Waals surface area contributed by atoms with E-state index in [-0.39, 0.29) is 12.5 Å². The number of rotatable bonds is 5. The van der Waals surface area contributed by atoms with Crippen LogP contribution in [-0.2, 0) is 16.8 Å². The number of anilines is 1. The van der Waals surface area contributed by atoms with E-state index in [0.29, 0.717) is 25.3 Å². The maximum atomic E-state index is 12.7.